The summed E-state index contributed by atoms with van der Waals surface area (Å²) in [7, 11) is 0. The van der Waals surface area contributed by atoms with Gasteiger partial charge in [-0.15, -0.1) is 10.2 Å². The van der Waals surface area contributed by atoms with Gasteiger partial charge in [-0.25, -0.2) is 0 Å². The summed E-state index contributed by atoms with van der Waals surface area (Å²) in [4.78, 5) is 38.0. The van der Waals surface area contributed by atoms with Crippen LogP contribution in [0.5, 0.6) is 0 Å². The van der Waals surface area contributed by atoms with Gasteiger partial charge in [-0.3, -0.25) is 19.3 Å². The molecule has 4 aromatic rings. The number of hydrogen-bond donors (Lipinski definition) is 1. The van der Waals surface area contributed by atoms with Crippen LogP contribution >= 0.6 is 0 Å². The number of carbonyl (C=O) groups is 3. The summed E-state index contributed by atoms with van der Waals surface area (Å²) in [6, 6.07) is 21.6. The largest absolute Gasteiger partial charge is 0.416 e. The van der Waals surface area contributed by atoms with Crippen molar-refractivity contribution in [2.24, 2.45) is 0 Å². The first kappa shape index (κ1) is 24.1. The first-order valence-corrected chi connectivity index (χ1v) is 12.0. The molecule has 1 fully saturated rings. The van der Waals surface area contributed by atoms with E-state index < -0.39 is 0 Å². The highest BCUT2D eigenvalue weighted by Gasteiger charge is 2.30. The normalized spacial score (nSPS) is 13.8. The molecule has 0 atom stereocenters. The van der Waals surface area contributed by atoms with E-state index in [4.69, 9.17) is 4.42 Å². The fourth-order valence-corrected chi connectivity index (χ4v) is 4.12. The van der Waals surface area contributed by atoms with Gasteiger partial charge in [0.15, 0.2) is 0 Å². The molecule has 37 heavy (non-hydrogen) atoms. The molecular formula is C29H26N4O4. The van der Waals surface area contributed by atoms with Crippen LogP contribution < -0.4 is 10.2 Å². The number of imide groups is 1. The lowest BCUT2D eigenvalue weighted by atomic mass is 9.87. The van der Waals surface area contributed by atoms with Gasteiger partial charge in [0.05, 0.1) is 5.69 Å². The molecule has 1 aliphatic heterocycles. The van der Waals surface area contributed by atoms with E-state index in [9.17, 15) is 14.4 Å². The van der Waals surface area contributed by atoms with Crippen molar-refractivity contribution >= 4 is 29.1 Å². The van der Waals surface area contributed by atoms with Crippen LogP contribution in [0.25, 0.3) is 22.9 Å². The van der Waals surface area contributed by atoms with Crippen molar-refractivity contribution in [1.29, 1.82) is 0 Å². The Labute approximate surface area is 214 Å². The van der Waals surface area contributed by atoms with E-state index in [0.29, 0.717) is 28.7 Å². The molecule has 1 aromatic heterocycles. The van der Waals surface area contributed by atoms with E-state index >= 15 is 0 Å². The number of aromatic nitrogens is 2. The van der Waals surface area contributed by atoms with Crippen LogP contribution in [-0.4, -0.2) is 27.9 Å². The summed E-state index contributed by atoms with van der Waals surface area (Å²) in [6.07, 6.45) is 0.374. The Hall–Kier alpha value is -4.59. The van der Waals surface area contributed by atoms with Crippen molar-refractivity contribution in [1.82, 2.24) is 10.2 Å². The lowest BCUT2D eigenvalue weighted by molar-refractivity contribution is -0.121. The zero-order valence-corrected chi connectivity index (χ0v) is 20.8. The minimum absolute atomic E-state index is 0.0600. The quantitative estimate of drug-likeness (QED) is 0.362. The number of carbonyl (C=O) groups excluding carboxylic acids is 3. The average Bonchev–Trinajstić information content (AvgIpc) is 3.51. The molecule has 0 saturated carbocycles. The van der Waals surface area contributed by atoms with Crippen LogP contribution in [-0.2, 0) is 15.0 Å². The fourth-order valence-electron chi connectivity index (χ4n) is 4.12. The maximum Gasteiger partial charge on any atom is 0.255 e. The first-order chi connectivity index (χ1) is 17.7. The number of anilines is 2. The van der Waals surface area contributed by atoms with Crippen molar-refractivity contribution in [2.45, 2.75) is 39.0 Å². The van der Waals surface area contributed by atoms with Crippen LogP contribution in [0.3, 0.4) is 0 Å². The summed E-state index contributed by atoms with van der Waals surface area (Å²) >= 11 is 0. The molecule has 2 heterocycles. The van der Waals surface area contributed by atoms with Crippen LogP contribution in [0.15, 0.2) is 77.2 Å². The van der Waals surface area contributed by atoms with Crippen LogP contribution in [0, 0.1) is 0 Å². The standard InChI is InChI=1S/C29H26N4O4/c1-29(2,3)21-11-7-18(8-12-21)27-31-32-28(37-27)19-9-13-22(14-10-19)30-26(36)20-5-4-6-23(17-20)33-24(34)15-16-25(33)35/h4-14,17H,15-16H2,1-3H3,(H,30,36). The predicted molar refractivity (Wildman–Crippen MR) is 140 cm³/mol. The molecule has 3 aromatic carbocycles. The minimum atomic E-state index is -0.354. The molecule has 3 amide bonds. The average molecular weight is 495 g/mol. The van der Waals surface area contributed by atoms with Gasteiger partial charge < -0.3 is 9.73 Å². The summed E-state index contributed by atoms with van der Waals surface area (Å²) in [5.41, 5.74) is 4.16. The maximum absolute atomic E-state index is 12.8. The van der Waals surface area contributed by atoms with Gasteiger partial charge in [0.25, 0.3) is 5.91 Å². The van der Waals surface area contributed by atoms with E-state index in [1.54, 1.807) is 48.5 Å². The van der Waals surface area contributed by atoms with Gasteiger partial charge in [0, 0.05) is 35.2 Å². The first-order valence-electron chi connectivity index (χ1n) is 12.0. The van der Waals surface area contributed by atoms with Gasteiger partial charge >= 0.3 is 0 Å². The molecule has 0 aliphatic carbocycles. The highest BCUT2D eigenvalue weighted by atomic mass is 16.4. The second-order valence-electron chi connectivity index (χ2n) is 9.94. The third-order valence-electron chi connectivity index (χ3n) is 6.23. The third kappa shape index (κ3) is 5.04. The zero-order valence-electron chi connectivity index (χ0n) is 20.8. The Kier molecular flexibility index (Phi) is 6.17. The van der Waals surface area contributed by atoms with Gasteiger partial charge in [-0.1, -0.05) is 39.0 Å². The number of rotatable bonds is 5. The Morgan fingerprint density at radius 1 is 0.838 bits per heavy atom. The van der Waals surface area contributed by atoms with Gasteiger partial charge in [0.1, 0.15) is 0 Å². The smallest absolute Gasteiger partial charge is 0.255 e. The number of benzene rings is 3. The topological polar surface area (TPSA) is 105 Å². The highest BCUT2D eigenvalue weighted by molar-refractivity contribution is 6.20. The molecule has 5 rings (SSSR count). The molecule has 1 N–H and O–H groups in total. The Bertz CT molecular complexity index is 1470. The number of amides is 3. The van der Waals surface area contributed by atoms with E-state index in [1.807, 2.05) is 12.1 Å². The third-order valence-corrected chi connectivity index (χ3v) is 6.23. The molecular weight excluding hydrogens is 468 g/mol. The van der Waals surface area contributed by atoms with Crippen LogP contribution in [0.2, 0.25) is 0 Å². The Morgan fingerprint density at radius 3 is 1.97 bits per heavy atom. The minimum Gasteiger partial charge on any atom is -0.416 e. The van der Waals surface area contributed by atoms with Gasteiger partial charge in [0.2, 0.25) is 23.6 Å². The van der Waals surface area contributed by atoms with Crippen molar-refractivity contribution in [2.75, 3.05) is 10.2 Å². The van der Waals surface area contributed by atoms with Gasteiger partial charge in [-0.2, -0.15) is 0 Å². The lowest BCUT2D eigenvalue weighted by Gasteiger charge is -2.18. The lowest BCUT2D eigenvalue weighted by Crippen LogP contribution is -2.28. The van der Waals surface area contributed by atoms with E-state index in [0.717, 1.165) is 16.0 Å². The monoisotopic (exact) mass is 494 g/mol. The Morgan fingerprint density at radius 2 is 1.41 bits per heavy atom. The van der Waals surface area contributed by atoms with E-state index in [1.165, 1.54) is 5.56 Å². The molecule has 0 unspecified atom stereocenters. The highest BCUT2D eigenvalue weighted by Crippen LogP contribution is 2.28. The second kappa shape index (κ2) is 9.46. The van der Waals surface area contributed by atoms with Crippen molar-refractivity contribution in [3.8, 4) is 22.9 Å². The molecule has 0 bridgehead atoms. The number of hydrogen-bond acceptors (Lipinski definition) is 6. The van der Waals surface area contributed by atoms with E-state index in [2.05, 4.69) is 48.4 Å². The second-order valence-corrected chi connectivity index (χ2v) is 9.94. The molecule has 1 saturated heterocycles. The van der Waals surface area contributed by atoms with Crippen molar-refractivity contribution in [3.05, 3.63) is 83.9 Å². The van der Waals surface area contributed by atoms with E-state index in [-0.39, 0.29) is 36.0 Å². The zero-order chi connectivity index (χ0) is 26.2. The van der Waals surface area contributed by atoms with Crippen molar-refractivity contribution < 1.29 is 18.8 Å². The van der Waals surface area contributed by atoms with Crippen molar-refractivity contribution in [3.63, 3.8) is 0 Å². The molecule has 1 aliphatic rings. The van der Waals surface area contributed by atoms with Gasteiger partial charge in [-0.05, 0) is 65.6 Å². The fraction of sp³-hybridized carbons (Fsp3) is 0.207. The number of nitrogens with one attached hydrogen (secondary N) is 1. The summed E-state index contributed by atoms with van der Waals surface area (Å²) < 4.78 is 5.88. The predicted octanol–water partition coefficient (Wildman–Crippen LogP) is 5.61. The molecule has 8 nitrogen and oxygen atoms in total. The molecule has 0 radical (unpaired) electrons. The van der Waals surface area contributed by atoms with Crippen LogP contribution in [0.1, 0.15) is 49.5 Å². The molecule has 0 spiro atoms. The SMILES string of the molecule is CC(C)(C)c1ccc(-c2nnc(-c3ccc(NC(=O)c4cccc(N5C(=O)CCC5=O)c4)cc3)o2)cc1. The molecule has 186 valence electrons. The maximum atomic E-state index is 12.8. The van der Waals surface area contributed by atoms with Crippen LogP contribution in [0.4, 0.5) is 11.4 Å². The summed E-state index contributed by atoms with van der Waals surface area (Å²) in [5.74, 6) is -0.0657. The Balaban J connectivity index is 1.27. The molecule has 8 heteroatoms. The summed E-state index contributed by atoms with van der Waals surface area (Å²) in [5, 5.41) is 11.2. The number of nitrogens with zero attached hydrogens (tertiary/aromatic N) is 3. The summed E-state index contributed by atoms with van der Waals surface area (Å²) in [6.45, 7) is 6.48.